The molecule has 0 atom stereocenters. The Bertz CT molecular complexity index is 319. The summed E-state index contributed by atoms with van der Waals surface area (Å²) in [6.07, 6.45) is 5.56. The molecule has 1 aromatic carbocycles. The fraction of sp³-hybridized carbons (Fsp3) is 0.385. The van der Waals surface area contributed by atoms with E-state index in [0.29, 0.717) is 0 Å². The van der Waals surface area contributed by atoms with Crippen LogP contribution < -0.4 is 11.1 Å². The average Bonchev–Trinajstić information content (AvgIpc) is 2.31. The number of nitrogens with one attached hydrogen (secondary N) is 1. The Labute approximate surface area is 102 Å². The molecule has 2 nitrogen and oxygen atoms in total. The molecule has 0 spiro atoms. The van der Waals surface area contributed by atoms with E-state index in [0.717, 1.165) is 24.3 Å². The Kier molecular flexibility index (Phi) is 5.86. The highest BCUT2D eigenvalue weighted by molar-refractivity contribution is 8.02. The van der Waals surface area contributed by atoms with Gasteiger partial charge in [0.05, 0.1) is 0 Å². The van der Waals surface area contributed by atoms with Crippen molar-refractivity contribution >= 4 is 23.1 Å². The third-order valence-electron chi connectivity index (χ3n) is 2.41. The second kappa shape index (κ2) is 7.23. The van der Waals surface area contributed by atoms with Crippen LogP contribution >= 0.6 is 11.8 Å². The van der Waals surface area contributed by atoms with E-state index < -0.39 is 0 Å². The summed E-state index contributed by atoms with van der Waals surface area (Å²) in [4.78, 5) is 1.27. The SMILES string of the molecule is C=C(CCCCNc1ccc(N)cc1)SC. The minimum absolute atomic E-state index is 0.807. The van der Waals surface area contributed by atoms with Crippen molar-refractivity contribution in [3.8, 4) is 0 Å². The van der Waals surface area contributed by atoms with E-state index in [2.05, 4.69) is 18.2 Å². The molecule has 0 fully saturated rings. The van der Waals surface area contributed by atoms with Gasteiger partial charge in [-0.15, -0.1) is 11.8 Å². The Morgan fingerprint density at radius 2 is 2.00 bits per heavy atom. The molecule has 0 aliphatic carbocycles. The van der Waals surface area contributed by atoms with Crippen LogP contribution in [-0.2, 0) is 0 Å². The van der Waals surface area contributed by atoms with Gasteiger partial charge >= 0.3 is 0 Å². The number of hydrogen-bond donors (Lipinski definition) is 2. The smallest absolute Gasteiger partial charge is 0.0341 e. The Balaban J connectivity index is 2.11. The Hall–Kier alpha value is -1.09. The van der Waals surface area contributed by atoms with Gasteiger partial charge in [-0.3, -0.25) is 0 Å². The summed E-state index contributed by atoms with van der Waals surface area (Å²) in [5, 5.41) is 3.37. The van der Waals surface area contributed by atoms with Gasteiger partial charge in [-0.25, -0.2) is 0 Å². The molecule has 1 aromatic rings. The molecular formula is C13H20N2S. The van der Waals surface area contributed by atoms with Crippen molar-refractivity contribution in [1.29, 1.82) is 0 Å². The van der Waals surface area contributed by atoms with Crippen LogP contribution in [0.4, 0.5) is 11.4 Å². The number of benzene rings is 1. The molecule has 1 rings (SSSR count). The number of unbranched alkanes of at least 4 members (excludes halogenated alkanes) is 1. The molecule has 0 aromatic heterocycles. The molecule has 0 aliphatic rings. The molecule has 0 heterocycles. The zero-order valence-corrected chi connectivity index (χ0v) is 10.6. The van der Waals surface area contributed by atoms with Crippen molar-refractivity contribution < 1.29 is 0 Å². The fourth-order valence-corrected chi connectivity index (χ4v) is 1.73. The minimum atomic E-state index is 0.807. The molecule has 0 saturated heterocycles. The lowest BCUT2D eigenvalue weighted by molar-refractivity contribution is 0.775. The van der Waals surface area contributed by atoms with E-state index in [4.69, 9.17) is 5.73 Å². The summed E-state index contributed by atoms with van der Waals surface area (Å²) in [6.45, 7) is 4.97. The third kappa shape index (κ3) is 5.12. The first kappa shape index (κ1) is 13.0. The highest BCUT2D eigenvalue weighted by atomic mass is 32.2. The zero-order chi connectivity index (χ0) is 11.8. The van der Waals surface area contributed by atoms with Crippen LogP contribution in [0.3, 0.4) is 0 Å². The third-order valence-corrected chi connectivity index (χ3v) is 3.19. The van der Waals surface area contributed by atoms with Gasteiger partial charge in [-0.1, -0.05) is 6.58 Å². The summed E-state index contributed by atoms with van der Waals surface area (Å²) in [7, 11) is 0. The van der Waals surface area contributed by atoms with Gasteiger partial charge in [-0.05, 0) is 54.7 Å². The van der Waals surface area contributed by atoms with Gasteiger partial charge in [0.1, 0.15) is 0 Å². The van der Waals surface area contributed by atoms with Crippen molar-refractivity contribution in [2.24, 2.45) is 0 Å². The number of anilines is 2. The second-order valence-electron chi connectivity index (χ2n) is 3.75. The van der Waals surface area contributed by atoms with Gasteiger partial charge in [0.15, 0.2) is 0 Å². The first-order valence-corrected chi connectivity index (χ1v) is 6.76. The van der Waals surface area contributed by atoms with Crippen molar-refractivity contribution in [3.63, 3.8) is 0 Å². The molecule has 0 unspecified atom stereocenters. The van der Waals surface area contributed by atoms with E-state index in [9.17, 15) is 0 Å². The van der Waals surface area contributed by atoms with E-state index >= 15 is 0 Å². The van der Waals surface area contributed by atoms with E-state index in [1.165, 1.54) is 17.7 Å². The van der Waals surface area contributed by atoms with E-state index in [1.807, 2.05) is 24.3 Å². The van der Waals surface area contributed by atoms with Gasteiger partial charge < -0.3 is 11.1 Å². The number of nitrogens with two attached hydrogens (primary N) is 1. The molecule has 0 saturated carbocycles. The molecule has 0 radical (unpaired) electrons. The summed E-state index contributed by atoms with van der Waals surface area (Å²) in [5.74, 6) is 0. The van der Waals surface area contributed by atoms with Crippen LogP contribution in [0, 0.1) is 0 Å². The standard InChI is InChI=1S/C13H20N2S/c1-11(16-2)5-3-4-10-15-13-8-6-12(14)7-9-13/h6-9,15H,1,3-5,10,14H2,2H3. The topological polar surface area (TPSA) is 38.0 Å². The summed E-state index contributed by atoms with van der Waals surface area (Å²) >= 11 is 1.75. The minimum Gasteiger partial charge on any atom is -0.399 e. The quantitative estimate of drug-likeness (QED) is 0.559. The van der Waals surface area contributed by atoms with Gasteiger partial charge in [-0.2, -0.15) is 0 Å². The lowest BCUT2D eigenvalue weighted by atomic mass is 10.2. The molecule has 0 aliphatic heterocycles. The first-order chi connectivity index (χ1) is 7.72. The van der Waals surface area contributed by atoms with Crippen molar-refractivity contribution in [2.75, 3.05) is 23.9 Å². The van der Waals surface area contributed by atoms with Crippen LogP contribution in [0.15, 0.2) is 35.7 Å². The van der Waals surface area contributed by atoms with Gasteiger partial charge in [0.2, 0.25) is 0 Å². The lowest BCUT2D eigenvalue weighted by Crippen LogP contribution is -2.01. The van der Waals surface area contributed by atoms with Crippen LogP contribution in [0.1, 0.15) is 19.3 Å². The maximum absolute atomic E-state index is 5.61. The van der Waals surface area contributed by atoms with Crippen molar-refractivity contribution in [2.45, 2.75) is 19.3 Å². The molecule has 3 heteroatoms. The first-order valence-electron chi connectivity index (χ1n) is 5.53. The molecule has 3 N–H and O–H groups in total. The molecule has 88 valence electrons. The number of rotatable bonds is 7. The normalized spacial score (nSPS) is 10.1. The van der Waals surface area contributed by atoms with E-state index in [-0.39, 0.29) is 0 Å². The number of hydrogen-bond acceptors (Lipinski definition) is 3. The summed E-state index contributed by atoms with van der Waals surface area (Å²) in [6, 6.07) is 7.85. The average molecular weight is 236 g/mol. The molecule has 0 bridgehead atoms. The van der Waals surface area contributed by atoms with Gasteiger partial charge in [0.25, 0.3) is 0 Å². The number of thioether (sulfide) groups is 1. The predicted octanol–water partition coefficient (Wildman–Crippen LogP) is 3.73. The van der Waals surface area contributed by atoms with E-state index in [1.54, 1.807) is 11.8 Å². The Morgan fingerprint density at radius 1 is 1.31 bits per heavy atom. The molecular weight excluding hydrogens is 216 g/mol. The molecule has 16 heavy (non-hydrogen) atoms. The largest absolute Gasteiger partial charge is 0.399 e. The number of nitrogen functional groups attached to an aromatic ring is 1. The zero-order valence-electron chi connectivity index (χ0n) is 9.83. The fourth-order valence-electron chi connectivity index (χ4n) is 1.38. The van der Waals surface area contributed by atoms with Crippen LogP contribution in [-0.4, -0.2) is 12.8 Å². The molecule has 0 amide bonds. The predicted molar refractivity (Wildman–Crippen MR) is 75.9 cm³/mol. The van der Waals surface area contributed by atoms with Crippen LogP contribution in [0.25, 0.3) is 0 Å². The van der Waals surface area contributed by atoms with Crippen molar-refractivity contribution in [1.82, 2.24) is 0 Å². The summed E-state index contributed by atoms with van der Waals surface area (Å²) < 4.78 is 0. The lowest BCUT2D eigenvalue weighted by Gasteiger charge is -2.06. The van der Waals surface area contributed by atoms with Crippen molar-refractivity contribution in [3.05, 3.63) is 35.7 Å². The second-order valence-corrected chi connectivity index (χ2v) is 4.73. The van der Waals surface area contributed by atoms with Crippen LogP contribution in [0.2, 0.25) is 0 Å². The maximum atomic E-state index is 5.61. The van der Waals surface area contributed by atoms with Gasteiger partial charge in [0, 0.05) is 17.9 Å². The summed E-state index contributed by atoms with van der Waals surface area (Å²) in [5.41, 5.74) is 7.56. The monoisotopic (exact) mass is 236 g/mol. The number of allylic oxidation sites excluding steroid dienone is 1. The highest BCUT2D eigenvalue weighted by Gasteiger charge is 1.94. The Morgan fingerprint density at radius 3 is 2.62 bits per heavy atom. The van der Waals surface area contributed by atoms with Crippen LogP contribution in [0.5, 0.6) is 0 Å². The maximum Gasteiger partial charge on any atom is 0.0341 e. The highest BCUT2D eigenvalue weighted by Crippen LogP contribution is 2.16.